The lowest BCUT2D eigenvalue weighted by atomic mass is 10.1. The van der Waals surface area contributed by atoms with E-state index in [9.17, 15) is 4.79 Å². The van der Waals surface area contributed by atoms with Gasteiger partial charge in [0.1, 0.15) is 5.60 Å². The van der Waals surface area contributed by atoms with Crippen molar-refractivity contribution in [2.75, 3.05) is 13.1 Å². The van der Waals surface area contributed by atoms with Crippen LogP contribution in [0.5, 0.6) is 0 Å². The molecule has 2 rings (SSSR count). The first-order valence-corrected chi connectivity index (χ1v) is 7.21. The van der Waals surface area contributed by atoms with E-state index >= 15 is 0 Å². The van der Waals surface area contributed by atoms with Crippen molar-refractivity contribution in [3.8, 4) is 0 Å². The molecule has 5 nitrogen and oxygen atoms in total. The summed E-state index contributed by atoms with van der Waals surface area (Å²) in [6.45, 7) is 13.3. The number of hydrogen-bond donors (Lipinski definition) is 0. The lowest BCUT2D eigenvalue weighted by molar-refractivity contribution is -0.000846. The van der Waals surface area contributed by atoms with Crippen LogP contribution in [-0.4, -0.2) is 39.5 Å². The minimum atomic E-state index is -0.437. The molecule has 0 radical (unpaired) electrons. The van der Waals surface area contributed by atoms with Crippen molar-refractivity contribution in [1.82, 2.24) is 14.7 Å². The van der Waals surface area contributed by atoms with Gasteiger partial charge in [-0.3, -0.25) is 4.68 Å². The van der Waals surface area contributed by atoms with Crippen molar-refractivity contribution in [3.05, 3.63) is 17.5 Å². The Morgan fingerprint density at radius 2 is 2.00 bits per heavy atom. The van der Waals surface area contributed by atoms with Crippen LogP contribution in [0.1, 0.15) is 58.0 Å². The first-order valence-electron chi connectivity index (χ1n) is 7.21. The second kappa shape index (κ2) is 5.11. The van der Waals surface area contributed by atoms with Gasteiger partial charge in [-0.05, 0) is 39.7 Å². The Balaban J connectivity index is 1.98. The van der Waals surface area contributed by atoms with Crippen LogP contribution >= 0.6 is 0 Å². The molecule has 1 aliphatic rings. The molecule has 1 aromatic heterocycles. The highest BCUT2D eigenvalue weighted by atomic mass is 16.6. The fourth-order valence-electron chi connectivity index (χ4n) is 2.35. The molecule has 20 heavy (non-hydrogen) atoms. The van der Waals surface area contributed by atoms with Gasteiger partial charge in [0, 0.05) is 18.8 Å². The Hall–Kier alpha value is -1.52. The fraction of sp³-hybridized carbons (Fsp3) is 0.733. The maximum Gasteiger partial charge on any atom is 0.410 e. The molecule has 0 bridgehead atoms. The monoisotopic (exact) mass is 279 g/mol. The molecule has 1 fully saturated rings. The van der Waals surface area contributed by atoms with E-state index in [2.05, 4.69) is 29.7 Å². The van der Waals surface area contributed by atoms with E-state index in [-0.39, 0.29) is 12.1 Å². The molecule has 0 N–H and O–H groups in total. The number of nitrogens with zero attached hydrogens (tertiary/aromatic N) is 3. The second-order valence-corrected chi connectivity index (χ2v) is 6.85. The van der Waals surface area contributed by atoms with Crippen molar-refractivity contribution in [2.24, 2.45) is 0 Å². The number of likely N-dealkylation sites (tertiary alicyclic amines) is 1. The molecule has 0 aliphatic carbocycles. The summed E-state index contributed by atoms with van der Waals surface area (Å²) >= 11 is 0. The van der Waals surface area contributed by atoms with Gasteiger partial charge in [-0.1, -0.05) is 13.8 Å². The van der Waals surface area contributed by atoms with Gasteiger partial charge in [-0.15, -0.1) is 0 Å². The average Bonchev–Trinajstić information content (AvgIpc) is 2.55. The van der Waals surface area contributed by atoms with E-state index < -0.39 is 5.60 Å². The van der Waals surface area contributed by atoms with E-state index in [1.54, 1.807) is 4.90 Å². The quantitative estimate of drug-likeness (QED) is 0.835. The number of rotatable bonds is 2. The zero-order chi connectivity index (χ0) is 15.1. The molecule has 1 aromatic rings. The lowest BCUT2D eigenvalue weighted by Gasteiger charge is -2.40. The molecule has 1 amide bonds. The Bertz CT molecular complexity index is 494. The summed E-state index contributed by atoms with van der Waals surface area (Å²) in [6, 6.07) is 2.40. The Morgan fingerprint density at radius 3 is 2.50 bits per heavy atom. The predicted molar refractivity (Wildman–Crippen MR) is 77.9 cm³/mol. The molecule has 0 unspecified atom stereocenters. The number of aryl methyl sites for hydroxylation is 1. The van der Waals surface area contributed by atoms with Crippen molar-refractivity contribution in [3.63, 3.8) is 0 Å². The molecule has 0 aromatic carbocycles. The van der Waals surface area contributed by atoms with Crippen molar-refractivity contribution >= 4 is 6.09 Å². The van der Waals surface area contributed by atoms with Gasteiger partial charge in [0.25, 0.3) is 0 Å². The molecule has 1 aliphatic heterocycles. The van der Waals surface area contributed by atoms with Gasteiger partial charge in [0.05, 0.1) is 11.7 Å². The van der Waals surface area contributed by atoms with Crippen LogP contribution < -0.4 is 0 Å². The number of hydrogen-bond acceptors (Lipinski definition) is 3. The minimum Gasteiger partial charge on any atom is -0.444 e. The van der Waals surface area contributed by atoms with E-state index in [0.717, 1.165) is 5.69 Å². The van der Waals surface area contributed by atoms with E-state index in [1.807, 2.05) is 27.7 Å². The van der Waals surface area contributed by atoms with Gasteiger partial charge in [-0.2, -0.15) is 5.10 Å². The van der Waals surface area contributed by atoms with Gasteiger partial charge in [0.2, 0.25) is 0 Å². The average molecular weight is 279 g/mol. The second-order valence-electron chi connectivity index (χ2n) is 6.85. The van der Waals surface area contributed by atoms with Crippen LogP contribution in [-0.2, 0) is 4.74 Å². The number of aromatic nitrogens is 2. The summed E-state index contributed by atoms with van der Waals surface area (Å²) in [7, 11) is 0. The number of amides is 1. The molecule has 2 heterocycles. The summed E-state index contributed by atoms with van der Waals surface area (Å²) in [5, 5.41) is 4.56. The minimum absolute atomic E-state index is 0.233. The maximum atomic E-state index is 11.9. The first-order chi connectivity index (χ1) is 9.17. The predicted octanol–water partition coefficient (Wildman–Crippen LogP) is 3.11. The summed E-state index contributed by atoms with van der Waals surface area (Å²) in [5.74, 6) is 0.437. The van der Waals surface area contributed by atoms with Gasteiger partial charge >= 0.3 is 6.09 Å². The molecular weight excluding hydrogens is 254 g/mol. The van der Waals surface area contributed by atoms with Crippen LogP contribution in [0.4, 0.5) is 4.79 Å². The Labute approximate surface area is 120 Å². The zero-order valence-electron chi connectivity index (χ0n) is 13.3. The van der Waals surface area contributed by atoms with Crippen LogP contribution in [0.3, 0.4) is 0 Å². The highest BCUT2D eigenvalue weighted by molar-refractivity contribution is 5.69. The van der Waals surface area contributed by atoms with Crippen molar-refractivity contribution in [1.29, 1.82) is 0 Å². The summed E-state index contributed by atoms with van der Waals surface area (Å²) in [4.78, 5) is 13.6. The number of ether oxygens (including phenoxy) is 1. The zero-order valence-corrected chi connectivity index (χ0v) is 13.3. The highest BCUT2D eigenvalue weighted by Gasteiger charge is 2.36. The third-order valence-corrected chi connectivity index (χ3v) is 3.34. The van der Waals surface area contributed by atoms with Gasteiger partial charge in [-0.25, -0.2) is 4.79 Å². The molecule has 0 saturated carbocycles. The Kier molecular flexibility index (Phi) is 3.80. The SMILES string of the molecule is Cc1cc(C(C)C)n(C2CN(C(=O)OC(C)(C)C)C2)n1. The molecule has 1 saturated heterocycles. The summed E-state index contributed by atoms with van der Waals surface area (Å²) < 4.78 is 7.44. The molecule has 112 valence electrons. The van der Waals surface area contributed by atoms with E-state index in [0.29, 0.717) is 19.0 Å². The smallest absolute Gasteiger partial charge is 0.410 e. The molecule has 0 atom stereocenters. The normalized spacial score (nSPS) is 16.4. The molecular formula is C15H25N3O2. The third-order valence-electron chi connectivity index (χ3n) is 3.34. The van der Waals surface area contributed by atoms with Crippen LogP contribution in [0.25, 0.3) is 0 Å². The topological polar surface area (TPSA) is 47.4 Å². The van der Waals surface area contributed by atoms with Gasteiger partial charge in [0.15, 0.2) is 0 Å². The van der Waals surface area contributed by atoms with Crippen LogP contribution in [0.15, 0.2) is 6.07 Å². The third kappa shape index (κ3) is 3.14. The standard InChI is InChI=1S/C15H25N3O2/c1-10(2)13-7-11(3)16-18(13)12-8-17(9-12)14(19)20-15(4,5)6/h7,10,12H,8-9H2,1-6H3. The number of carbonyl (C=O) groups excluding carboxylic acids is 1. The molecule has 5 heteroatoms. The lowest BCUT2D eigenvalue weighted by Crippen LogP contribution is -2.52. The highest BCUT2D eigenvalue weighted by Crippen LogP contribution is 2.27. The number of carbonyl (C=O) groups is 1. The van der Waals surface area contributed by atoms with Gasteiger partial charge < -0.3 is 9.64 Å². The Morgan fingerprint density at radius 1 is 1.40 bits per heavy atom. The maximum absolute atomic E-state index is 11.9. The van der Waals surface area contributed by atoms with Crippen molar-refractivity contribution in [2.45, 2.75) is 59.1 Å². The summed E-state index contributed by atoms with van der Waals surface area (Å²) in [6.07, 6.45) is -0.233. The molecule has 0 spiro atoms. The van der Waals surface area contributed by atoms with Crippen molar-refractivity contribution < 1.29 is 9.53 Å². The fourth-order valence-corrected chi connectivity index (χ4v) is 2.35. The first kappa shape index (κ1) is 14.9. The largest absolute Gasteiger partial charge is 0.444 e. The summed E-state index contributed by atoms with van der Waals surface area (Å²) in [5.41, 5.74) is 1.83. The van der Waals surface area contributed by atoms with Crippen LogP contribution in [0, 0.1) is 6.92 Å². The van der Waals surface area contributed by atoms with E-state index in [1.165, 1.54) is 5.69 Å². The van der Waals surface area contributed by atoms with Crippen LogP contribution in [0.2, 0.25) is 0 Å². The van der Waals surface area contributed by atoms with E-state index in [4.69, 9.17) is 4.74 Å².